The number of aliphatic hydroxyl groups excluding tert-OH is 1. The molecule has 0 aliphatic heterocycles. The first-order valence-corrected chi connectivity index (χ1v) is 23.9. The van der Waals surface area contributed by atoms with Crippen LogP contribution in [0.4, 0.5) is 0 Å². The van der Waals surface area contributed by atoms with Crippen molar-refractivity contribution in [1.82, 2.24) is 0 Å². The number of unbranched alkanes of at least 4 members (excludes halogenated alkanes) is 11. The van der Waals surface area contributed by atoms with Gasteiger partial charge in [-0.3, -0.25) is 14.2 Å². The number of nitrogens with zero attached hydrogens (tertiary/aromatic N) is 1. The van der Waals surface area contributed by atoms with E-state index in [0.29, 0.717) is 36.7 Å². The monoisotopic (exact) mass is 848 g/mol. The number of esters is 2. The maximum absolute atomic E-state index is 12.7. The molecule has 0 spiro atoms. The van der Waals surface area contributed by atoms with Crippen LogP contribution in [0, 0.1) is 0 Å². The fraction of sp³-hybridized carbons (Fsp3) is 0.667. The SMILES string of the molecule is CC/C=C\C/C=C\CC(O)/C=C/C=C\C/C=C\C/C=C\CCC(=O)O[C@H](COC(=O)CCCCCCCCC/C=C\CCCCCC)COP(=O)([O-])OCC[N+](C)(C)C. The predicted molar refractivity (Wildman–Crippen MR) is 242 cm³/mol. The molecular weight excluding hydrogens is 766 g/mol. The lowest BCUT2D eigenvalue weighted by Crippen LogP contribution is -2.37. The van der Waals surface area contributed by atoms with E-state index in [1.165, 1.54) is 51.4 Å². The number of phosphoric acid groups is 1. The van der Waals surface area contributed by atoms with Gasteiger partial charge in [0.15, 0.2) is 6.10 Å². The Morgan fingerprint density at radius 1 is 0.644 bits per heavy atom. The second kappa shape index (κ2) is 39.3. The highest BCUT2D eigenvalue weighted by Crippen LogP contribution is 2.38. The van der Waals surface area contributed by atoms with Gasteiger partial charge in [0.25, 0.3) is 7.82 Å². The van der Waals surface area contributed by atoms with Crippen LogP contribution in [0.1, 0.15) is 149 Å². The van der Waals surface area contributed by atoms with Gasteiger partial charge in [-0.2, -0.15) is 0 Å². The molecule has 0 saturated heterocycles. The van der Waals surface area contributed by atoms with Crippen LogP contribution in [0.2, 0.25) is 0 Å². The zero-order chi connectivity index (χ0) is 43.7. The first kappa shape index (κ1) is 56.1. The summed E-state index contributed by atoms with van der Waals surface area (Å²) in [5.74, 6) is -0.975. The predicted octanol–water partition coefficient (Wildman–Crippen LogP) is 11.1. The molecule has 0 amide bonds. The highest BCUT2D eigenvalue weighted by atomic mass is 31.2. The van der Waals surface area contributed by atoms with Gasteiger partial charge in [-0.15, -0.1) is 0 Å². The van der Waals surface area contributed by atoms with E-state index in [9.17, 15) is 24.2 Å². The quantitative estimate of drug-likeness (QED) is 0.0160. The van der Waals surface area contributed by atoms with Crippen molar-refractivity contribution < 1.29 is 47.2 Å². The maximum Gasteiger partial charge on any atom is 0.306 e. The van der Waals surface area contributed by atoms with Crippen molar-refractivity contribution in [1.29, 1.82) is 0 Å². The molecule has 2 unspecified atom stereocenters. The zero-order valence-corrected chi connectivity index (χ0v) is 38.4. The number of phosphoric ester groups is 1. The molecule has 59 heavy (non-hydrogen) atoms. The Morgan fingerprint density at radius 2 is 1.22 bits per heavy atom. The van der Waals surface area contributed by atoms with Crippen molar-refractivity contribution in [3.63, 3.8) is 0 Å². The second-order valence-corrected chi connectivity index (χ2v) is 17.3. The van der Waals surface area contributed by atoms with Gasteiger partial charge in [-0.25, -0.2) is 0 Å². The van der Waals surface area contributed by atoms with E-state index in [0.717, 1.165) is 44.9 Å². The van der Waals surface area contributed by atoms with Gasteiger partial charge in [-0.1, -0.05) is 150 Å². The lowest BCUT2D eigenvalue weighted by Gasteiger charge is -2.28. The van der Waals surface area contributed by atoms with Gasteiger partial charge in [0.1, 0.15) is 19.8 Å². The normalized spacial score (nSPS) is 14.9. The molecule has 3 atom stereocenters. The van der Waals surface area contributed by atoms with Crippen molar-refractivity contribution in [3.05, 3.63) is 85.1 Å². The van der Waals surface area contributed by atoms with Crippen LogP contribution in [-0.4, -0.2) is 81.2 Å². The summed E-state index contributed by atoms with van der Waals surface area (Å²) < 4.78 is 33.8. The van der Waals surface area contributed by atoms with Crippen molar-refractivity contribution in [2.45, 2.75) is 161 Å². The molecule has 0 bridgehead atoms. The van der Waals surface area contributed by atoms with Crippen LogP contribution in [0.5, 0.6) is 0 Å². The standard InChI is InChI=1S/C48H82NO9P/c1-6-8-10-12-14-15-16-17-18-19-20-24-27-31-35-39-47(51)55-43-46(44-57-59(53,54)56-42-41-49(3,4)5)58-48(52)40-36-32-28-25-22-21-23-26-30-34-38-45(50)37-33-29-13-11-9-7-2/h9,11,15-16,21-22,26,28-30,32-34,38,45-46,50H,6-8,10,12-14,17-20,23-25,27,31,35-37,39-44H2,1-5H3/b11-9-,16-15-,22-21-,30-26-,32-28-,33-29-,38-34+/t45?,46-/m1/s1. The minimum absolute atomic E-state index is 0.0585. The van der Waals surface area contributed by atoms with Gasteiger partial charge in [0.05, 0.1) is 33.9 Å². The fourth-order valence-electron chi connectivity index (χ4n) is 5.46. The van der Waals surface area contributed by atoms with E-state index in [1.807, 2.05) is 69.8 Å². The van der Waals surface area contributed by atoms with E-state index < -0.39 is 38.6 Å². The zero-order valence-electron chi connectivity index (χ0n) is 37.5. The molecule has 338 valence electrons. The van der Waals surface area contributed by atoms with E-state index in [4.69, 9.17) is 18.5 Å². The summed E-state index contributed by atoms with van der Waals surface area (Å²) in [6.45, 7) is 3.90. The highest BCUT2D eigenvalue weighted by Gasteiger charge is 2.21. The molecule has 0 aliphatic rings. The number of allylic oxidation sites excluding steroid dienone is 12. The molecule has 0 rings (SSSR count). The Balaban J connectivity index is 4.56. The molecule has 0 fully saturated rings. The van der Waals surface area contributed by atoms with Crippen molar-refractivity contribution in [2.75, 3.05) is 47.5 Å². The van der Waals surface area contributed by atoms with Crippen LogP contribution < -0.4 is 4.89 Å². The Morgan fingerprint density at radius 3 is 1.88 bits per heavy atom. The van der Waals surface area contributed by atoms with Gasteiger partial charge in [-0.05, 0) is 70.6 Å². The summed E-state index contributed by atoms with van der Waals surface area (Å²) in [4.78, 5) is 37.5. The molecule has 10 nitrogen and oxygen atoms in total. The highest BCUT2D eigenvalue weighted by molar-refractivity contribution is 7.45. The molecule has 0 heterocycles. The third kappa shape index (κ3) is 43.1. The molecule has 0 aliphatic carbocycles. The molecule has 1 N–H and O–H groups in total. The number of carbonyl (C=O) groups excluding carboxylic acids is 2. The summed E-state index contributed by atoms with van der Waals surface area (Å²) in [5.41, 5.74) is 0. The molecule has 11 heteroatoms. The minimum atomic E-state index is -4.66. The average Bonchev–Trinajstić information content (AvgIpc) is 3.18. The lowest BCUT2D eigenvalue weighted by molar-refractivity contribution is -0.870. The Kier molecular flexibility index (Phi) is 37.4. The molecule has 0 aromatic heterocycles. The number of hydrogen-bond donors (Lipinski definition) is 1. The number of quaternary nitrogens is 1. The number of hydrogen-bond acceptors (Lipinski definition) is 9. The third-order valence-corrected chi connectivity index (χ3v) is 9.96. The van der Waals surface area contributed by atoms with Crippen LogP contribution >= 0.6 is 7.82 Å². The van der Waals surface area contributed by atoms with Crippen molar-refractivity contribution >= 4 is 19.8 Å². The first-order valence-electron chi connectivity index (χ1n) is 22.4. The van der Waals surface area contributed by atoms with E-state index in [-0.39, 0.29) is 26.1 Å². The number of aliphatic hydroxyl groups is 1. The van der Waals surface area contributed by atoms with Crippen LogP contribution in [-0.2, 0) is 32.7 Å². The molecule has 0 aromatic carbocycles. The van der Waals surface area contributed by atoms with Gasteiger partial charge < -0.3 is 33.0 Å². The second-order valence-electron chi connectivity index (χ2n) is 15.9. The molecule has 0 aromatic rings. The van der Waals surface area contributed by atoms with Crippen LogP contribution in [0.25, 0.3) is 0 Å². The lowest BCUT2D eigenvalue weighted by atomic mass is 10.1. The minimum Gasteiger partial charge on any atom is -0.756 e. The van der Waals surface area contributed by atoms with E-state index >= 15 is 0 Å². The molecule has 0 radical (unpaired) electrons. The summed E-state index contributed by atoms with van der Waals surface area (Å²) in [5, 5.41) is 10.0. The summed E-state index contributed by atoms with van der Waals surface area (Å²) in [6.07, 6.45) is 46.5. The third-order valence-electron chi connectivity index (χ3n) is 8.99. The van der Waals surface area contributed by atoms with E-state index in [1.54, 1.807) is 6.08 Å². The van der Waals surface area contributed by atoms with E-state index in [2.05, 4.69) is 44.2 Å². The van der Waals surface area contributed by atoms with Crippen LogP contribution in [0.3, 0.4) is 0 Å². The molecular formula is C48H82NO9P. The summed E-state index contributed by atoms with van der Waals surface area (Å²) in [7, 11) is 1.07. The Bertz CT molecular complexity index is 1300. The average molecular weight is 848 g/mol. The van der Waals surface area contributed by atoms with Gasteiger partial charge in [0.2, 0.25) is 0 Å². The Hall–Kier alpha value is -2.85. The number of carbonyl (C=O) groups is 2. The first-order chi connectivity index (χ1) is 28.4. The topological polar surface area (TPSA) is 131 Å². The summed E-state index contributed by atoms with van der Waals surface area (Å²) >= 11 is 0. The van der Waals surface area contributed by atoms with Crippen molar-refractivity contribution in [2.24, 2.45) is 0 Å². The van der Waals surface area contributed by atoms with Gasteiger partial charge >= 0.3 is 11.9 Å². The maximum atomic E-state index is 12.7. The number of rotatable bonds is 39. The fourth-order valence-corrected chi connectivity index (χ4v) is 6.19. The van der Waals surface area contributed by atoms with Gasteiger partial charge in [0, 0.05) is 12.8 Å². The summed E-state index contributed by atoms with van der Waals surface area (Å²) in [6, 6.07) is 0. The number of likely N-dealkylation sites (N-methyl/N-ethyl adjacent to an activating group) is 1. The van der Waals surface area contributed by atoms with Crippen LogP contribution in [0.15, 0.2) is 85.1 Å². The smallest absolute Gasteiger partial charge is 0.306 e. The Labute approximate surface area is 359 Å². The largest absolute Gasteiger partial charge is 0.756 e. The molecule has 0 saturated carbocycles. The van der Waals surface area contributed by atoms with Crippen molar-refractivity contribution in [3.8, 4) is 0 Å². The number of ether oxygens (including phenoxy) is 2.